The average Bonchev–Trinajstić information content (AvgIpc) is 3.07. The van der Waals surface area contributed by atoms with Crippen molar-refractivity contribution in [2.45, 2.75) is 6.61 Å². The number of halogens is 2. The van der Waals surface area contributed by atoms with Crippen molar-refractivity contribution in [2.75, 3.05) is 12.1 Å². The number of ether oxygens (including phenoxy) is 2. The van der Waals surface area contributed by atoms with Gasteiger partial charge in [0.2, 0.25) is 0 Å². The lowest BCUT2D eigenvalue weighted by molar-refractivity contribution is -0.117. The summed E-state index contributed by atoms with van der Waals surface area (Å²) in [6.07, 6.45) is 1.51. The summed E-state index contributed by atoms with van der Waals surface area (Å²) in [5, 5.41) is 2.28. The van der Waals surface area contributed by atoms with Gasteiger partial charge in [0, 0.05) is 10.0 Å². The van der Waals surface area contributed by atoms with E-state index in [1.807, 2.05) is 12.1 Å². The minimum Gasteiger partial charge on any atom is -0.493 e. The Morgan fingerprint density at radius 3 is 2.44 bits per heavy atom. The normalized spacial score (nSPS) is 14.6. The van der Waals surface area contributed by atoms with E-state index in [0.717, 1.165) is 5.56 Å². The molecule has 0 bridgehead atoms. The van der Waals surface area contributed by atoms with E-state index in [1.165, 1.54) is 18.2 Å². The van der Waals surface area contributed by atoms with Gasteiger partial charge in [0.05, 0.1) is 12.8 Å². The molecule has 0 spiro atoms. The highest BCUT2D eigenvalue weighted by Gasteiger charge is 2.34. The van der Waals surface area contributed by atoms with Gasteiger partial charge in [0.25, 0.3) is 11.8 Å². The molecule has 0 aliphatic carbocycles. The van der Waals surface area contributed by atoms with E-state index in [4.69, 9.17) is 32.7 Å². The summed E-state index contributed by atoms with van der Waals surface area (Å²) in [4.78, 5) is 25.2. The van der Waals surface area contributed by atoms with Gasteiger partial charge in [-0.05, 0) is 59.7 Å². The van der Waals surface area contributed by atoms with Crippen molar-refractivity contribution < 1.29 is 19.1 Å². The Labute approximate surface area is 194 Å². The fourth-order valence-corrected chi connectivity index (χ4v) is 3.47. The van der Waals surface area contributed by atoms with Crippen molar-refractivity contribution in [2.24, 2.45) is 0 Å². The number of anilines is 1. The van der Waals surface area contributed by atoms with Crippen LogP contribution in [0, 0.1) is 0 Å². The Kier molecular flexibility index (Phi) is 6.35. The molecule has 1 aliphatic rings. The number of hydrogen-bond acceptors (Lipinski definition) is 4. The van der Waals surface area contributed by atoms with E-state index in [9.17, 15) is 9.59 Å². The molecule has 8 heteroatoms. The molecule has 1 aliphatic heterocycles. The molecule has 0 unspecified atom stereocenters. The molecule has 6 nitrogen and oxygen atoms in total. The summed E-state index contributed by atoms with van der Waals surface area (Å²) in [7, 11) is 1.52. The van der Waals surface area contributed by atoms with Crippen LogP contribution < -0.4 is 19.9 Å². The van der Waals surface area contributed by atoms with Gasteiger partial charge in [-0.15, -0.1) is 0 Å². The average molecular weight is 469 g/mol. The maximum absolute atomic E-state index is 12.8. The van der Waals surface area contributed by atoms with Crippen LogP contribution in [0.4, 0.5) is 5.69 Å². The van der Waals surface area contributed by atoms with Crippen molar-refractivity contribution in [3.8, 4) is 11.5 Å². The Morgan fingerprint density at radius 1 is 0.938 bits per heavy atom. The van der Waals surface area contributed by atoms with E-state index in [-0.39, 0.29) is 5.57 Å². The topological polar surface area (TPSA) is 67.9 Å². The lowest BCUT2D eigenvalue weighted by Crippen LogP contribution is -2.35. The minimum atomic E-state index is -0.503. The van der Waals surface area contributed by atoms with Crippen LogP contribution in [-0.4, -0.2) is 18.9 Å². The van der Waals surface area contributed by atoms with Crippen molar-refractivity contribution in [1.29, 1.82) is 0 Å². The number of carbonyl (C=O) groups excluding carboxylic acids is 2. The van der Waals surface area contributed by atoms with Crippen LogP contribution in [-0.2, 0) is 16.2 Å². The van der Waals surface area contributed by atoms with Gasteiger partial charge in [-0.2, -0.15) is 0 Å². The molecule has 32 heavy (non-hydrogen) atoms. The van der Waals surface area contributed by atoms with Gasteiger partial charge in [0.1, 0.15) is 12.2 Å². The number of rotatable bonds is 6. The van der Waals surface area contributed by atoms with E-state index in [2.05, 4.69) is 5.43 Å². The first-order chi connectivity index (χ1) is 15.4. The lowest BCUT2D eigenvalue weighted by Gasteiger charge is -2.14. The number of nitrogens with zero attached hydrogens (tertiary/aromatic N) is 1. The first-order valence-electron chi connectivity index (χ1n) is 9.62. The van der Waals surface area contributed by atoms with Crippen LogP contribution in [0.3, 0.4) is 0 Å². The molecule has 4 rings (SSSR count). The zero-order valence-electron chi connectivity index (χ0n) is 17.0. The molecular weight excluding hydrogens is 451 g/mol. The zero-order chi connectivity index (χ0) is 22.7. The molecule has 2 amide bonds. The van der Waals surface area contributed by atoms with Gasteiger partial charge in [-0.3, -0.25) is 15.0 Å². The number of amides is 2. The van der Waals surface area contributed by atoms with Crippen molar-refractivity contribution in [3.63, 3.8) is 0 Å². The molecule has 0 atom stereocenters. The monoisotopic (exact) mass is 468 g/mol. The van der Waals surface area contributed by atoms with E-state index >= 15 is 0 Å². The third kappa shape index (κ3) is 4.72. The fraction of sp³-hybridized carbons (Fsp3) is 0.0833. The molecular formula is C24H18Cl2N2O4. The summed E-state index contributed by atoms with van der Waals surface area (Å²) >= 11 is 11.9. The van der Waals surface area contributed by atoms with Crippen LogP contribution in [0.2, 0.25) is 10.0 Å². The number of hydrazine groups is 1. The van der Waals surface area contributed by atoms with E-state index < -0.39 is 11.8 Å². The molecule has 0 saturated carbocycles. The largest absolute Gasteiger partial charge is 0.493 e. The second-order valence-corrected chi connectivity index (χ2v) is 7.82. The van der Waals surface area contributed by atoms with Crippen LogP contribution in [0.25, 0.3) is 6.08 Å². The summed E-state index contributed by atoms with van der Waals surface area (Å²) in [6.45, 7) is 0.337. The highest BCUT2D eigenvalue weighted by atomic mass is 35.5. The van der Waals surface area contributed by atoms with Crippen LogP contribution in [0.15, 0.2) is 72.3 Å². The Bertz CT molecular complexity index is 1210. The van der Waals surface area contributed by atoms with Crippen LogP contribution in [0.1, 0.15) is 11.1 Å². The van der Waals surface area contributed by atoms with Crippen molar-refractivity contribution in [1.82, 2.24) is 5.43 Å². The van der Waals surface area contributed by atoms with Crippen molar-refractivity contribution in [3.05, 3.63) is 93.5 Å². The SMILES string of the molecule is COc1cc(C=C2C(=O)NN(c3cccc(Cl)c3)C2=O)ccc1OCc1ccc(Cl)cc1. The molecule has 1 saturated heterocycles. The Morgan fingerprint density at radius 2 is 1.72 bits per heavy atom. The standard InChI is InChI=1S/C24H18Cl2N2O4/c1-31-22-12-16(7-10-21(22)32-14-15-5-8-17(25)9-6-15)11-20-23(29)27-28(24(20)30)19-4-2-3-18(26)13-19/h2-13H,14H2,1H3,(H,27,29). The van der Waals surface area contributed by atoms with Gasteiger partial charge >= 0.3 is 0 Å². The fourth-order valence-electron chi connectivity index (χ4n) is 3.16. The third-order valence-corrected chi connectivity index (χ3v) is 5.25. The van der Waals surface area contributed by atoms with E-state index in [1.54, 1.807) is 54.6 Å². The highest BCUT2D eigenvalue weighted by Crippen LogP contribution is 2.31. The highest BCUT2D eigenvalue weighted by molar-refractivity contribution is 6.33. The Balaban J connectivity index is 1.53. The van der Waals surface area contributed by atoms with Crippen LogP contribution in [0.5, 0.6) is 11.5 Å². The Hall–Kier alpha value is -3.48. The van der Waals surface area contributed by atoms with Gasteiger partial charge in [0.15, 0.2) is 11.5 Å². The second kappa shape index (κ2) is 9.34. The van der Waals surface area contributed by atoms with Crippen LogP contribution >= 0.6 is 23.2 Å². The van der Waals surface area contributed by atoms with Gasteiger partial charge in [-0.25, -0.2) is 5.01 Å². The summed E-state index contributed by atoms with van der Waals surface area (Å²) < 4.78 is 11.3. The molecule has 1 fully saturated rings. The molecule has 162 valence electrons. The molecule has 1 N–H and O–H groups in total. The maximum Gasteiger partial charge on any atom is 0.282 e. The smallest absolute Gasteiger partial charge is 0.282 e. The molecule has 0 aromatic heterocycles. The number of hydrogen-bond donors (Lipinski definition) is 1. The predicted octanol–water partition coefficient (Wildman–Crippen LogP) is 5.04. The predicted molar refractivity (Wildman–Crippen MR) is 124 cm³/mol. The van der Waals surface area contributed by atoms with Crippen molar-refractivity contribution >= 4 is 46.8 Å². The molecule has 1 heterocycles. The number of methoxy groups -OCH3 is 1. The minimum absolute atomic E-state index is 0.00172. The number of carbonyl (C=O) groups is 2. The lowest BCUT2D eigenvalue weighted by atomic mass is 10.1. The quantitative estimate of drug-likeness (QED) is 0.406. The molecule has 3 aromatic carbocycles. The second-order valence-electron chi connectivity index (χ2n) is 6.94. The third-order valence-electron chi connectivity index (χ3n) is 4.76. The number of benzene rings is 3. The zero-order valence-corrected chi connectivity index (χ0v) is 18.5. The summed E-state index contributed by atoms with van der Waals surface area (Å²) in [5.74, 6) is 0.0366. The summed E-state index contributed by atoms with van der Waals surface area (Å²) in [5.41, 5.74) is 4.60. The summed E-state index contributed by atoms with van der Waals surface area (Å²) in [6, 6.07) is 19.2. The van der Waals surface area contributed by atoms with Gasteiger partial charge < -0.3 is 9.47 Å². The molecule has 3 aromatic rings. The maximum atomic E-state index is 12.8. The first-order valence-corrected chi connectivity index (χ1v) is 10.4. The number of nitrogens with one attached hydrogen (secondary N) is 1. The first kappa shape index (κ1) is 21.7. The van der Waals surface area contributed by atoms with E-state index in [0.29, 0.717) is 39.4 Å². The van der Waals surface area contributed by atoms with Gasteiger partial charge in [-0.1, -0.05) is 47.5 Å². The molecule has 0 radical (unpaired) electrons.